The summed E-state index contributed by atoms with van der Waals surface area (Å²) in [4.78, 5) is 26.0. The minimum Gasteiger partial charge on any atom is -0.495 e. The van der Waals surface area contributed by atoms with Crippen LogP contribution in [0.4, 0.5) is 11.4 Å². The van der Waals surface area contributed by atoms with E-state index < -0.39 is 0 Å². The SMILES string of the molecule is COc1ccc(NC(=O)COc2ccc(C)c(C)c2)cc1N1CCCC1=O. The van der Waals surface area contributed by atoms with Crippen molar-refractivity contribution in [2.45, 2.75) is 26.7 Å². The van der Waals surface area contributed by atoms with Gasteiger partial charge in [-0.3, -0.25) is 9.59 Å². The number of nitrogens with one attached hydrogen (secondary N) is 1. The molecule has 0 radical (unpaired) electrons. The molecule has 0 aliphatic carbocycles. The zero-order valence-electron chi connectivity index (χ0n) is 15.9. The van der Waals surface area contributed by atoms with Gasteiger partial charge in [-0.05, 0) is 61.7 Å². The second-order valence-corrected chi connectivity index (χ2v) is 6.62. The molecule has 3 rings (SSSR count). The van der Waals surface area contributed by atoms with Gasteiger partial charge in [-0.2, -0.15) is 0 Å². The molecule has 1 aliphatic rings. The van der Waals surface area contributed by atoms with Gasteiger partial charge in [0.05, 0.1) is 12.8 Å². The lowest BCUT2D eigenvalue weighted by Crippen LogP contribution is -2.25. The molecule has 1 saturated heterocycles. The number of methoxy groups -OCH3 is 1. The fourth-order valence-corrected chi connectivity index (χ4v) is 3.03. The van der Waals surface area contributed by atoms with Gasteiger partial charge in [0.15, 0.2) is 6.61 Å². The van der Waals surface area contributed by atoms with Crippen LogP contribution in [0.2, 0.25) is 0 Å². The van der Waals surface area contributed by atoms with Crippen LogP contribution in [0.15, 0.2) is 36.4 Å². The molecule has 0 aromatic heterocycles. The van der Waals surface area contributed by atoms with Crippen LogP contribution >= 0.6 is 0 Å². The molecule has 2 amide bonds. The molecular formula is C21H24N2O4. The molecule has 1 fully saturated rings. The quantitative estimate of drug-likeness (QED) is 0.848. The molecule has 27 heavy (non-hydrogen) atoms. The van der Waals surface area contributed by atoms with Gasteiger partial charge < -0.3 is 19.7 Å². The minimum atomic E-state index is -0.267. The summed E-state index contributed by atoms with van der Waals surface area (Å²) in [6.07, 6.45) is 1.35. The summed E-state index contributed by atoms with van der Waals surface area (Å²) in [6.45, 7) is 4.59. The molecule has 2 aromatic carbocycles. The maximum atomic E-state index is 12.2. The summed E-state index contributed by atoms with van der Waals surface area (Å²) in [5, 5.41) is 2.81. The van der Waals surface area contributed by atoms with E-state index in [4.69, 9.17) is 9.47 Å². The van der Waals surface area contributed by atoms with E-state index in [9.17, 15) is 9.59 Å². The summed E-state index contributed by atoms with van der Waals surface area (Å²) >= 11 is 0. The Morgan fingerprint density at radius 3 is 2.63 bits per heavy atom. The second-order valence-electron chi connectivity index (χ2n) is 6.62. The van der Waals surface area contributed by atoms with Crippen LogP contribution in [0.1, 0.15) is 24.0 Å². The number of nitrogens with zero attached hydrogens (tertiary/aromatic N) is 1. The molecular weight excluding hydrogens is 344 g/mol. The zero-order valence-corrected chi connectivity index (χ0v) is 15.9. The molecule has 0 spiro atoms. The molecule has 1 heterocycles. The van der Waals surface area contributed by atoms with E-state index in [0.717, 1.165) is 12.0 Å². The first-order valence-corrected chi connectivity index (χ1v) is 8.96. The van der Waals surface area contributed by atoms with Crippen LogP contribution in [0.3, 0.4) is 0 Å². The van der Waals surface area contributed by atoms with Gasteiger partial charge in [0.25, 0.3) is 5.91 Å². The third-order valence-electron chi connectivity index (χ3n) is 4.68. The summed E-state index contributed by atoms with van der Waals surface area (Å²) in [5.74, 6) is 1.06. The summed E-state index contributed by atoms with van der Waals surface area (Å²) < 4.78 is 10.9. The highest BCUT2D eigenvalue weighted by Gasteiger charge is 2.24. The van der Waals surface area contributed by atoms with Crippen LogP contribution in [0.25, 0.3) is 0 Å². The van der Waals surface area contributed by atoms with Gasteiger partial charge in [0.1, 0.15) is 11.5 Å². The Morgan fingerprint density at radius 2 is 1.96 bits per heavy atom. The van der Waals surface area contributed by atoms with Crippen molar-refractivity contribution >= 4 is 23.2 Å². The summed E-state index contributed by atoms with van der Waals surface area (Å²) in [6, 6.07) is 11.0. The lowest BCUT2D eigenvalue weighted by Gasteiger charge is -2.20. The number of rotatable bonds is 6. The Hall–Kier alpha value is -3.02. The van der Waals surface area contributed by atoms with Gasteiger partial charge in [-0.1, -0.05) is 6.07 Å². The van der Waals surface area contributed by atoms with E-state index in [1.807, 2.05) is 32.0 Å². The second kappa shape index (κ2) is 8.12. The predicted molar refractivity (Wildman–Crippen MR) is 105 cm³/mol. The number of amides is 2. The number of hydrogen-bond donors (Lipinski definition) is 1. The van der Waals surface area contributed by atoms with Gasteiger partial charge in [0, 0.05) is 18.7 Å². The lowest BCUT2D eigenvalue weighted by atomic mass is 10.1. The molecule has 6 nitrogen and oxygen atoms in total. The Balaban J connectivity index is 1.66. The first-order chi connectivity index (χ1) is 13.0. The van der Waals surface area contributed by atoms with Crippen LogP contribution in [0.5, 0.6) is 11.5 Å². The van der Waals surface area contributed by atoms with Crippen molar-refractivity contribution in [3.05, 3.63) is 47.5 Å². The number of carbonyl (C=O) groups excluding carboxylic acids is 2. The van der Waals surface area contributed by atoms with Crippen LogP contribution in [-0.2, 0) is 9.59 Å². The Labute approximate surface area is 159 Å². The van der Waals surface area contributed by atoms with Crippen LogP contribution < -0.4 is 19.7 Å². The number of anilines is 2. The van der Waals surface area contributed by atoms with Crippen molar-refractivity contribution in [2.24, 2.45) is 0 Å². The number of hydrogen-bond acceptors (Lipinski definition) is 4. The average Bonchev–Trinajstić information content (AvgIpc) is 3.08. The zero-order chi connectivity index (χ0) is 19.4. The van der Waals surface area contributed by atoms with Gasteiger partial charge in [0.2, 0.25) is 5.91 Å². The molecule has 0 bridgehead atoms. The largest absolute Gasteiger partial charge is 0.495 e. The number of benzene rings is 2. The highest BCUT2D eigenvalue weighted by atomic mass is 16.5. The summed E-state index contributed by atoms with van der Waals surface area (Å²) in [7, 11) is 1.56. The van der Waals surface area contributed by atoms with Gasteiger partial charge >= 0.3 is 0 Å². The van der Waals surface area contributed by atoms with E-state index >= 15 is 0 Å². The third-order valence-corrected chi connectivity index (χ3v) is 4.68. The highest BCUT2D eigenvalue weighted by Crippen LogP contribution is 2.34. The fourth-order valence-electron chi connectivity index (χ4n) is 3.03. The minimum absolute atomic E-state index is 0.0647. The Kier molecular flexibility index (Phi) is 5.64. The monoisotopic (exact) mass is 368 g/mol. The fraction of sp³-hybridized carbons (Fsp3) is 0.333. The molecule has 6 heteroatoms. The van der Waals surface area contributed by atoms with E-state index in [0.29, 0.717) is 35.8 Å². The van der Waals surface area contributed by atoms with Crippen LogP contribution in [-0.4, -0.2) is 32.1 Å². The number of carbonyl (C=O) groups is 2. The maximum absolute atomic E-state index is 12.2. The number of ether oxygens (including phenoxy) is 2. The molecule has 2 aromatic rings. The van der Waals surface area contributed by atoms with Crippen LogP contribution in [0, 0.1) is 13.8 Å². The smallest absolute Gasteiger partial charge is 0.262 e. The Morgan fingerprint density at radius 1 is 1.15 bits per heavy atom. The normalized spacial score (nSPS) is 13.6. The molecule has 1 aliphatic heterocycles. The van der Waals surface area contributed by atoms with Crippen molar-refractivity contribution in [1.82, 2.24) is 0 Å². The molecule has 142 valence electrons. The standard InChI is InChI=1S/C21H24N2O4/c1-14-6-8-17(11-15(14)2)27-13-20(24)22-16-7-9-19(26-3)18(12-16)23-10-4-5-21(23)25/h6-9,11-12H,4-5,10,13H2,1-3H3,(H,22,24). The van der Waals surface area contributed by atoms with Gasteiger partial charge in [-0.25, -0.2) is 0 Å². The van der Waals surface area contributed by atoms with E-state index in [1.165, 1.54) is 5.56 Å². The topological polar surface area (TPSA) is 67.9 Å². The first-order valence-electron chi connectivity index (χ1n) is 8.96. The maximum Gasteiger partial charge on any atom is 0.262 e. The average molecular weight is 368 g/mol. The first kappa shape index (κ1) is 18.8. The van der Waals surface area contributed by atoms with Gasteiger partial charge in [-0.15, -0.1) is 0 Å². The van der Waals surface area contributed by atoms with Crippen molar-refractivity contribution < 1.29 is 19.1 Å². The van der Waals surface area contributed by atoms with Crippen molar-refractivity contribution in [3.8, 4) is 11.5 Å². The van der Waals surface area contributed by atoms with E-state index in [1.54, 1.807) is 30.2 Å². The van der Waals surface area contributed by atoms with Crippen molar-refractivity contribution in [2.75, 3.05) is 30.5 Å². The Bertz CT molecular complexity index is 863. The molecule has 0 saturated carbocycles. The van der Waals surface area contributed by atoms with E-state index in [2.05, 4.69) is 5.32 Å². The van der Waals surface area contributed by atoms with Crippen molar-refractivity contribution in [3.63, 3.8) is 0 Å². The molecule has 0 unspecified atom stereocenters. The lowest BCUT2D eigenvalue weighted by molar-refractivity contribution is -0.118. The van der Waals surface area contributed by atoms with E-state index in [-0.39, 0.29) is 18.4 Å². The third kappa shape index (κ3) is 4.39. The molecule has 1 N–H and O–H groups in total. The molecule has 0 atom stereocenters. The highest BCUT2D eigenvalue weighted by molar-refractivity contribution is 5.98. The summed E-state index contributed by atoms with van der Waals surface area (Å²) in [5.41, 5.74) is 3.56. The van der Waals surface area contributed by atoms with Crippen molar-refractivity contribution in [1.29, 1.82) is 0 Å². The number of aryl methyl sites for hydroxylation is 2. The predicted octanol–water partition coefficient (Wildman–Crippen LogP) is 3.46.